The molecule has 0 amide bonds. The first-order chi connectivity index (χ1) is 9.24. The lowest BCUT2D eigenvalue weighted by molar-refractivity contribution is 0.811. The van der Waals surface area contributed by atoms with Crippen molar-refractivity contribution in [3.8, 4) is 0 Å². The van der Waals surface area contributed by atoms with E-state index in [-0.39, 0.29) is 5.56 Å². The van der Waals surface area contributed by atoms with Gasteiger partial charge in [0, 0.05) is 24.8 Å². The van der Waals surface area contributed by atoms with Crippen LogP contribution in [0.5, 0.6) is 0 Å². The van der Waals surface area contributed by atoms with Crippen LogP contribution in [0.3, 0.4) is 0 Å². The summed E-state index contributed by atoms with van der Waals surface area (Å²) < 4.78 is 1.94. The Morgan fingerprint density at radius 1 is 1.37 bits per heavy atom. The SMILES string of the molecule is Cn1ccnc1CNc1cc2ccccc2c(=O)[nH]1. The number of benzene rings is 1. The van der Waals surface area contributed by atoms with Crippen LogP contribution in [0.25, 0.3) is 10.8 Å². The quantitative estimate of drug-likeness (QED) is 0.750. The zero-order valence-electron chi connectivity index (χ0n) is 10.6. The van der Waals surface area contributed by atoms with E-state index in [1.807, 2.05) is 48.1 Å². The highest BCUT2D eigenvalue weighted by Gasteiger charge is 2.02. The second-order valence-corrected chi connectivity index (χ2v) is 4.41. The Hall–Kier alpha value is -2.56. The van der Waals surface area contributed by atoms with Crippen LogP contribution in [0.15, 0.2) is 47.5 Å². The summed E-state index contributed by atoms with van der Waals surface area (Å²) in [4.78, 5) is 19.0. The van der Waals surface area contributed by atoms with Crippen LogP contribution in [-0.4, -0.2) is 14.5 Å². The molecule has 0 unspecified atom stereocenters. The monoisotopic (exact) mass is 254 g/mol. The van der Waals surface area contributed by atoms with Gasteiger partial charge in [-0.15, -0.1) is 0 Å². The van der Waals surface area contributed by atoms with Gasteiger partial charge in [-0.2, -0.15) is 0 Å². The number of pyridine rings is 1. The first-order valence-corrected chi connectivity index (χ1v) is 6.06. The number of nitrogens with one attached hydrogen (secondary N) is 2. The van der Waals surface area contributed by atoms with Gasteiger partial charge < -0.3 is 14.9 Å². The predicted molar refractivity (Wildman–Crippen MR) is 75.1 cm³/mol. The Morgan fingerprint density at radius 2 is 2.21 bits per heavy atom. The van der Waals surface area contributed by atoms with Crippen molar-refractivity contribution >= 4 is 16.6 Å². The third kappa shape index (κ3) is 2.22. The average molecular weight is 254 g/mol. The van der Waals surface area contributed by atoms with Gasteiger partial charge in [-0.1, -0.05) is 18.2 Å². The van der Waals surface area contributed by atoms with Gasteiger partial charge in [0.15, 0.2) is 0 Å². The minimum Gasteiger partial charge on any atom is -0.364 e. The van der Waals surface area contributed by atoms with Crippen LogP contribution in [0.2, 0.25) is 0 Å². The van der Waals surface area contributed by atoms with Gasteiger partial charge in [0.2, 0.25) is 0 Å². The largest absolute Gasteiger partial charge is 0.364 e. The number of hydrogen-bond acceptors (Lipinski definition) is 3. The zero-order valence-corrected chi connectivity index (χ0v) is 10.6. The molecule has 0 aliphatic heterocycles. The van der Waals surface area contributed by atoms with Gasteiger partial charge in [0.25, 0.3) is 5.56 Å². The number of aromatic amines is 1. The number of aromatic nitrogens is 3. The second kappa shape index (κ2) is 4.61. The molecule has 0 bridgehead atoms. The minimum atomic E-state index is -0.0829. The highest BCUT2D eigenvalue weighted by molar-refractivity contribution is 5.83. The summed E-state index contributed by atoms with van der Waals surface area (Å²) in [6.45, 7) is 0.567. The van der Waals surface area contributed by atoms with Gasteiger partial charge in [-0.25, -0.2) is 4.98 Å². The van der Waals surface area contributed by atoms with Crippen molar-refractivity contribution in [1.29, 1.82) is 0 Å². The number of nitrogens with zero attached hydrogens (tertiary/aromatic N) is 2. The van der Waals surface area contributed by atoms with E-state index < -0.39 is 0 Å². The molecule has 0 aliphatic rings. The molecule has 0 atom stereocenters. The van der Waals surface area contributed by atoms with Gasteiger partial charge in [0.1, 0.15) is 11.6 Å². The van der Waals surface area contributed by atoms with Crippen molar-refractivity contribution in [2.75, 3.05) is 5.32 Å². The van der Waals surface area contributed by atoms with Crippen LogP contribution in [0.1, 0.15) is 5.82 Å². The molecule has 2 N–H and O–H groups in total. The van der Waals surface area contributed by atoms with E-state index in [0.29, 0.717) is 17.7 Å². The number of hydrogen-bond donors (Lipinski definition) is 2. The maximum Gasteiger partial charge on any atom is 0.257 e. The fraction of sp³-hybridized carbons (Fsp3) is 0.143. The number of imidazole rings is 1. The summed E-state index contributed by atoms with van der Waals surface area (Å²) in [6, 6.07) is 9.45. The van der Waals surface area contributed by atoms with Crippen LogP contribution in [0, 0.1) is 0 Å². The van der Waals surface area contributed by atoms with Crippen LogP contribution in [-0.2, 0) is 13.6 Å². The molecule has 2 heterocycles. The molecular formula is C14H14N4O. The Bertz CT molecular complexity index is 772. The smallest absolute Gasteiger partial charge is 0.257 e. The molecule has 5 nitrogen and oxygen atoms in total. The van der Waals surface area contributed by atoms with Gasteiger partial charge >= 0.3 is 0 Å². The molecule has 0 saturated heterocycles. The van der Waals surface area contributed by atoms with Crippen molar-refractivity contribution in [3.05, 3.63) is 58.9 Å². The molecule has 3 aromatic rings. The van der Waals surface area contributed by atoms with E-state index in [0.717, 1.165) is 11.2 Å². The fourth-order valence-electron chi connectivity index (χ4n) is 2.05. The third-order valence-corrected chi connectivity index (χ3v) is 3.11. The Balaban J connectivity index is 1.90. The van der Waals surface area contributed by atoms with Gasteiger partial charge in [-0.05, 0) is 17.5 Å². The summed E-state index contributed by atoms with van der Waals surface area (Å²) in [6.07, 6.45) is 3.64. The maximum atomic E-state index is 11.9. The highest BCUT2D eigenvalue weighted by atomic mass is 16.1. The number of aryl methyl sites for hydroxylation is 1. The van der Waals surface area contributed by atoms with Gasteiger partial charge in [0.05, 0.1) is 6.54 Å². The molecule has 0 spiro atoms. The first kappa shape index (κ1) is 11.5. The van der Waals surface area contributed by atoms with Crippen LogP contribution >= 0.6 is 0 Å². The number of rotatable bonds is 3. The summed E-state index contributed by atoms with van der Waals surface area (Å²) >= 11 is 0. The lowest BCUT2D eigenvalue weighted by Gasteiger charge is -2.07. The normalized spacial score (nSPS) is 10.8. The lowest BCUT2D eigenvalue weighted by Crippen LogP contribution is -2.12. The molecular weight excluding hydrogens is 240 g/mol. The standard InChI is InChI=1S/C14H14N4O/c1-18-7-6-15-13(18)9-16-12-8-10-4-2-3-5-11(10)14(19)17-12/h2-8H,9H2,1H3,(H2,16,17,19). The van der Waals surface area contributed by atoms with E-state index in [4.69, 9.17) is 0 Å². The molecule has 5 heteroatoms. The van der Waals surface area contributed by atoms with E-state index >= 15 is 0 Å². The Labute approximate surface area is 109 Å². The summed E-state index contributed by atoms with van der Waals surface area (Å²) in [5, 5.41) is 4.81. The number of H-pyrrole nitrogens is 1. The number of anilines is 1. The van der Waals surface area contributed by atoms with Gasteiger partial charge in [-0.3, -0.25) is 4.79 Å². The zero-order chi connectivity index (χ0) is 13.2. The number of fused-ring (bicyclic) bond motifs is 1. The van der Waals surface area contributed by atoms with Crippen LogP contribution in [0.4, 0.5) is 5.82 Å². The fourth-order valence-corrected chi connectivity index (χ4v) is 2.05. The lowest BCUT2D eigenvalue weighted by atomic mass is 10.2. The highest BCUT2D eigenvalue weighted by Crippen LogP contribution is 2.13. The molecule has 0 radical (unpaired) electrons. The van der Waals surface area contributed by atoms with E-state index in [1.54, 1.807) is 6.20 Å². The second-order valence-electron chi connectivity index (χ2n) is 4.41. The van der Waals surface area contributed by atoms with E-state index in [9.17, 15) is 4.79 Å². The summed E-state index contributed by atoms with van der Waals surface area (Å²) in [5.41, 5.74) is -0.0829. The molecule has 2 aromatic heterocycles. The van der Waals surface area contributed by atoms with Crippen molar-refractivity contribution in [3.63, 3.8) is 0 Å². The molecule has 3 rings (SSSR count). The van der Waals surface area contributed by atoms with Crippen molar-refractivity contribution < 1.29 is 0 Å². The summed E-state index contributed by atoms with van der Waals surface area (Å²) in [5.74, 6) is 1.61. The molecule has 0 aliphatic carbocycles. The molecule has 0 saturated carbocycles. The minimum absolute atomic E-state index is 0.0829. The Morgan fingerprint density at radius 3 is 3.00 bits per heavy atom. The van der Waals surface area contributed by atoms with Crippen molar-refractivity contribution in [1.82, 2.24) is 14.5 Å². The molecule has 19 heavy (non-hydrogen) atoms. The average Bonchev–Trinajstić information content (AvgIpc) is 2.82. The van der Waals surface area contributed by atoms with Crippen molar-refractivity contribution in [2.45, 2.75) is 6.54 Å². The van der Waals surface area contributed by atoms with E-state index in [2.05, 4.69) is 15.3 Å². The van der Waals surface area contributed by atoms with Crippen molar-refractivity contribution in [2.24, 2.45) is 7.05 Å². The Kier molecular flexibility index (Phi) is 2.79. The maximum absolute atomic E-state index is 11.9. The summed E-state index contributed by atoms with van der Waals surface area (Å²) in [7, 11) is 1.94. The topological polar surface area (TPSA) is 62.7 Å². The van der Waals surface area contributed by atoms with E-state index in [1.165, 1.54) is 0 Å². The third-order valence-electron chi connectivity index (χ3n) is 3.11. The predicted octanol–water partition coefficient (Wildman–Crippen LogP) is 1.87. The first-order valence-electron chi connectivity index (χ1n) is 6.06. The molecule has 0 fully saturated rings. The molecule has 1 aromatic carbocycles. The molecule has 96 valence electrons. The van der Waals surface area contributed by atoms with Crippen LogP contribution < -0.4 is 10.9 Å².